The van der Waals surface area contributed by atoms with Gasteiger partial charge in [-0.1, -0.05) is 13.8 Å². The summed E-state index contributed by atoms with van der Waals surface area (Å²) >= 11 is 0. The Morgan fingerprint density at radius 2 is 2.22 bits per heavy atom. The van der Waals surface area contributed by atoms with E-state index in [1.807, 2.05) is 13.8 Å². The minimum absolute atomic E-state index is 0.0936. The van der Waals surface area contributed by atoms with Crippen molar-refractivity contribution >= 4 is 11.9 Å². The molecule has 23 heavy (non-hydrogen) atoms. The van der Waals surface area contributed by atoms with Crippen LogP contribution in [-0.2, 0) is 16.1 Å². The van der Waals surface area contributed by atoms with Gasteiger partial charge in [0.05, 0.1) is 17.2 Å². The number of likely N-dealkylation sites (tertiary alicyclic amines) is 1. The molecule has 3 heterocycles. The Bertz CT molecular complexity index is 602. The molecule has 2 saturated heterocycles. The lowest BCUT2D eigenvalue weighted by Gasteiger charge is -2.41. The summed E-state index contributed by atoms with van der Waals surface area (Å²) < 4.78 is 5.45. The van der Waals surface area contributed by atoms with Gasteiger partial charge in [0, 0.05) is 32.0 Å². The Kier molecular flexibility index (Phi) is 4.14. The number of hydrogen-bond donors (Lipinski definition) is 2. The molecule has 3 rings (SSSR count). The highest BCUT2D eigenvalue weighted by Gasteiger charge is 2.51. The maximum absolute atomic E-state index is 11.7. The Hall–Kier alpha value is -1.89. The van der Waals surface area contributed by atoms with Crippen LogP contribution in [0.1, 0.15) is 50.6 Å². The monoisotopic (exact) mass is 321 g/mol. The van der Waals surface area contributed by atoms with Crippen LogP contribution in [0.3, 0.4) is 0 Å². The van der Waals surface area contributed by atoms with Crippen molar-refractivity contribution in [2.45, 2.75) is 51.1 Å². The third-order valence-electron chi connectivity index (χ3n) is 4.94. The van der Waals surface area contributed by atoms with Crippen LogP contribution in [-0.4, -0.2) is 45.5 Å². The molecule has 0 saturated carbocycles. The number of nitrogens with zero attached hydrogens (tertiary/aromatic N) is 2. The molecule has 0 aliphatic carbocycles. The van der Waals surface area contributed by atoms with Gasteiger partial charge in [-0.2, -0.15) is 0 Å². The SMILES string of the molecule is CC(C)c1nc(CN2CCC3(CC2)NC(=O)C[C@@H]3C(=O)O)co1. The lowest BCUT2D eigenvalue weighted by atomic mass is 9.78. The Morgan fingerprint density at radius 1 is 1.52 bits per heavy atom. The molecule has 7 nitrogen and oxygen atoms in total. The summed E-state index contributed by atoms with van der Waals surface area (Å²) in [5, 5.41) is 12.3. The number of carbonyl (C=O) groups excluding carboxylic acids is 1. The van der Waals surface area contributed by atoms with E-state index >= 15 is 0 Å². The molecule has 2 N–H and O–H groups in total. The first-order valence-corrected chi connectivity index (χ1v) is 8.10. The molecular weight excluding hydrogens is 298 g/mol. The summed E-state index contributed by atoms with van der Waals surface area (Å²) in [4.78, 5) is 29.8. The first-order valence-electron chi connectivity index (χ1n) is 8.10. The first-order chi connectivity index (χ1) is 10.9. The highest BCUT2D eigenvalue weighted by molar-refractivity contribution is 5.88. The molecule has 1 spiro atoms. The molecule has 0 aromatic carbocycles. The zero-order valence-electron chi connectivity index (χ0n) is 13.5. The lowest BCUT2D eigenvalue weighted by Crippen LogP contribution is -2.55. The van der Waals surface area contributed by atoms with Gasteiger partial charge in [0.25, 0.3) is 0 Å². The molecule has 2 fully saturated rings. The number of nitrogens with one attached hydrogen (secondary N) is 1. The predicted octanol–water partition coefficient (Wildman–Crippen LogP) is 1.35. The Morgan fingerprint density at radius 3 is 2.78 bits per heavy atom. The molecule has 1 aromatic heterocycles. The van der Waals surface area contributed by atoms with Gasteiger partial charge in [-0.05, 0) is 12.8 Å². The maximum atomic E-state index is 11.7. The molecule has 1 atom stereocenters. The standard InChI is InChI=1S/C16H23N3O4/c1-10(2)14-17-11(9-23-14)8-19-5-3-16(4-6-19)12(15(21)22)7-13(20)18-16/h9-10,12H,3-8H2,1-2H3,(H,18,20)(H,21,22)/t12-/m1/s1. The number of aromatic nitrogens is 1. The predicted molar refractivity (Wildman–Crippen MR) is 81.7 cm³/mol. The third-order valence-corrected chi connectivity index (χ3v) is 4.94. The molecule has 126 valence electrons. The van der Waals surface area contributed by atoms with Gasteiger partial charge in [-0.3, -0.25) is 14.5 Å². The van der Waals surface area contributed by atoms with E-state index in [-0.39, 0.29) is 18.2 Å². The zero-order chi connectivity index (χ0) is 16.6. The molecule has 1 amide bonds. The average Bonchev–Trinajstić information content (AvgIpc) is 3.07. The van der Waals surface area contributed by atoms with Gasteiger partial charge < -0.3 is 14.8 Å². The first kappa shape index (κ1) is 16.0. The van der Waals surface area contributed by atoms with Gasteiger partial charge >= 0.3 is 5.97 Å². The van der Waals surface area contributed by atoms with Crippen LogP contribution in [0.4, 0.5) is 0 Å². The third kappa shape index (κ3) is 3.10. The van der Waals surface area contributed by atoms with Gasteiger partial charge in [0.1, 0.15) is 6.26 Å². The fraction of sp³-hybridized carbons (Fsp3) is 0.688. The lowest BCUT2D eigenvalue weighted by molar-refractivity contribution is -0.144. The van der Waals surface area contributed by atoms with Crippen molar-refractivity contribution in [3.05, 3.63) is 17.8 Å². The summed E-state index contributed by atoms with van der Waals surface area (Å²) in [6, 6.07) is 0. The molecule has 0 radical (unpaired) electrons. The molecule has 0 bridgehead atoms. The minimum Gasteiger partial charge on any atom is -0.481 e. The van der Waals surface area contributed by atoms with E-state index < -0.39 is 17.4 Å². The van der Waals surface area contributed by atoms with E-state index in [1.54, 1.807) is 6.26 Å². The number of piperidine rings is 1. The van der Waals surface area contributed by atoms with Gasteiger partial charge in [0.2, 0.25) is 5.91 Å². The van der Waals surface area contributed by atoms with Crippen LogP contribution in [0, 0.1) is 5.92 Å². The molecule has 2 aliphatic heterocycles. The fourth-order valence-corrected chi connectivity index (χ4v) is 3.59. The van der Waals surface area contributed by atoms with Crippen LogP contribution < -0.4 is 5.32 Å². The van der Waals surface area contributed by atoms with Crippen LogP contribution in [0.5, 0.6) is 0 Å². The van der Waals surface area contributed by atoms with Crippen LogP contribution in [0.15, 0.2) is 10.7 Å². The Labute approximate surface area is 135 Å². The maximum Gasteiger partial charge on any atom is 0.309 e. The normalized spacial score (nSPS) is 24.3. The largest absolute Gasteiger partial charge is 0.481 e. The van der Waals surface area contributed by atoms with Crippen molar-refractivity contribution in [3.63, 3.8) is 0 Å². The minimum atomic E-state index is -0.880. The number of carboxylic acids is 1. The molecule has 7 heteroatoms. The number of amides is 1. The van der Waals surface area contributed by atoms with Gasteiger partial charge in [0.15, 0.2) is 5.89 Å². The summed E-state index contributed by atoms with van der Waals surface area (Å²) in [5.41, 5.74) is 0.321. The van der Waals surface area contributed by atoms with Gasteiger partial charge in [-0.15, -0.1) is 0 Å². The van der Waals surface area contributed by atoms with E-state index in [1.165, 1.54) is 0 Å². The molecule has 0 unspecified atom stereocenters. The summed E-state index contributed by atoms with van der Waals surface area (Å²) in [6.07, 6.45) is 3.10. The number of hydrogen-bond acceptors (Lipinski definition) is 5. The topological polar surface area (TPSA) is 95.7 Å². The van der Waals surface area contributed by atoms with E-state index in [4.69, 9.17) is 4.42 Å². The van der Waals surface area contributed by atoms with Crippen molar-refractivity contribution in [2.75, 3.05) is 13.1 Å². The second-order valence-corrected chi connectivity index (χ2v) is 6.91. The number of oxazole rings is 1. The quantitative estimate of drug-likeness (QED) is 0.869. The highest BCUT2D eigenvalue weighted by Crippen LogP contribution is 2.37. The number of carboxylic acid groups (broad SMARTS) is 1. The second kappa shape index (κ2) is 5.96. The highest BCUT2D eigenvalue weighted by atomic mass is 16.4. The number of carbonyl (C=O) groups is 2. The smallest absolute Gasteiger partial charge is 0.309 e. The zero-order valence-corrected chi connectivity index (χ0v) is 13.5. The van der Waals surface area contributed by atoms with Crippen molar-refractivity contribution in [2.24, 2.45) is 5.92 Å². The summed E-state index contributed by atoms with van der Waals surface area (Å²) in [7, 11) is 0. The molecular formula is C16H23N3O4. The Balaban J connectivity index is 1.61. The fourth-order valence-electron chi connectivity index (χ4n) is 3.59. The average molecular weight is 321 g/mol. The number of rotatable bonds is 4. The molecule has 2 aliphatic rings. The number of aliphatic carboxylic acids is 1. The van der Waals surface area contributed by atoms with Crippen molar-refractivity contribution in [1.82, 2.24) is 15.2 Å². The van der Waals surface area contributed by atoms with Crippen LogP contribution in [0.25, 0.3) is 0 Å². The van der Waals surface area contributed by atoms with E-state index in [0.717, 1.165) is 24.7 Å². The van der Waals surface area contributed by atoms with Crippen molar-refractivity contribution in [1.29, 1.82) is 0 Å². The van der Waals surface area contributed by atoms with E-state index in [2.05, 4.69) is 15.2 Å². The van der Waals surface area contributed by atoms with Crippen molar-refractivity contribution in [3.8, 4) is 0 Å². The summed E-state index contributed by atoms with van der Waals surface area (Å²) in [5.74, 6) is -0.642. The van der Waals surface area contributed by atoms with E-state index in [0.29, 0.717) is 19.4 Å². The summed E-state index contributed by atoms with van der Waals surface area (Å²) in [6.45, 7) is 6.25. The van der Waals surface area contributed by atoms with Crippen LogP contribution >= 0.6 is 0 Å². The second-order valence-electron chi connectivity index (χ2n) is 6.91. The van der Waals surface area contributed by atoms with E-state index in [9.17, 15) is 14.7 Å². The van der Waals surface area contributed by atoms with Crippen molar-refractivity contribution < 1.29 is 19.1 Å². The molecule has 1 aromatic rings. The van der Waals surface area contributed by atoms with Gasteiger partial charge in [-0.25, -0.2) is 4.98 Å². The van der Waals surface area contributed by atoms with Crippen LogP contribution in [0.2, 0.25) is 0 Å².